The van der Waals surface area contributed by atoms with Crippen LogP contribution in [0.3, 0.4) is 0 Å². The maximum absolute atomic E-state index is 12.4. The molecule has 0 fully saturated rings. The molecule has 7 heteroatoms. The van der Waals surface area contributed by atoms with Gasteiger partial charge in [0.15, 0.2) is 5.11 Å². The fourth-order valence-corrected chi connectivity index (χ4v) is 2.45. The third-order valence-corrected chi connectivity index (χ3v) is 4.17. The lowest BCUT2D eigenvalue weighted by Gasteiger charge is -2.14. The number of ether oxygens (including phenoxy) is 1. The smallest absolute Gasteiger partial charge is 0.335 e. The number of thiocarbonyl (C=S) groups is 1. The van der Waals surface area contributed by atoms with Gasteiger partial charge >= 0.3 is 5.97 Å². The summed E-state index contributed by atoms with van der Waals surface area (Å²) in [7, 11) is 0. The van der Waals surface area contributed by atoms with Gasteiger partial charge in [-0.25, -0.2) is 4.79 Å². The topological polar surface area (TPSA) is 87.7 Å². The number of aryl methyl sites for hydroxylation is 1. The molecule has 2 aromatic rings. The second-order valence-corrected chi connectivity index (χ2v) is 6.52. The van der Waals surface area contributed by atoms with Gasteiger partial charge in [0.2, 0.25) is 0 Å². The van der Waals surface area contributed by atoms with Crippen molar-refractivity contribution in [3.63, 3.8) is 0 Å². The highest BCUT2D eigenvalue weighted by molar-refractivity contribution is 7.80. The highest BCUT2D eigenvalue weighted by Gasteiger charge is 2.12. The first-order chi connectivity index (χ1) is 12.8. The van der Waals surface area contributed by atoms with Gasteiger partial charge in [0, 0.05) is 11.3 Å². The summed E-state index contributed by atoms with van der Waals surface area (Å²) in [6.07, 6.45) is 0.912. The van der Waals surface area contributed by atoms with Crippen LogP contribution in [0.4, 0.5) is 5.69 Å². The van der Waals surface area contributed by atoms with Gasteiger partial charge in [0.05, 0.1) is 11.7 Å². The second kappa shape index (κ2) is 9.14. The number of rotatable bonds is 6. The summed E-state index contributed by atoms with van der Waals surface area (Å²) in [5.41, 5.74) is 1.87. The molecule has 0 radical (unpaired) electrons. The zero-order chi connectivity index (χ0) is 20.0. The lowest BCUT2D eigenvalue weighted by molar-refractivity contribution is 0.0696. The van der Waals surface area contributed by atoms with E-state index in [2.05, 4.69) is 10.6 Å². The Balaban J connectivity index is 2.06. The number of benzene rings is 2. The van der Waals surface area contributed by atoms with Crippen molar-refractivity contribution in [3.05, 3.63) is 59.2 Å². The van der Waals surface area contributed by atoms with Crippen molar-refractivity contribution in [1.82, 2.24) is 5.32 Å². The minimum absolute atomic E-state index is 0.0514. The maximum Gasteiger partial charge on any atom is 0.335 e. The molecule has 6 nitrogen and oxygen atoms in total. The van der Waals surface area contributed by atoms with Gasteiger partial charge in [-0.05, 0) is 68.4 Å². The van der Waals surface area contributed by atoms with Crippen LogP contribution >= 0.6 is 12.2 Å². The Morgan fingerprint density at radius 3 is 2.59 bits per heavy atom. The number of aromatic carboxylic acids is 1. The van der Waals surface area contributed by atoms with Gasteiger partial charge in [0.1, 0.15) is 5.75 Å². The second-order valence-electron chi connectivity index (χ2n) is 6.11. The lowest BCUT2D eigenvalue weighted by atomic mass is 10.1. The predicted octanol–water partition coefficient (Wildman–Crippen LogP) is 4.00. The van der Waals surface area contributed by atoms with E-state index in [0.29, 0.717) is 17.0 Å². The predicted molar refractivity (Wildman–Crippen MR) is 109 cm³/mol. The zero-order valence-corrected chi connectivity index (χ0v) is 16.2. The van der Waals surface area contributed by atoms with Crippen LogP contribution in [0.15, 0.2) is 42.5 Å². The Labute approximate surface area is 163 Å². The third kappa shape index (κ3) is 5.79. The molecule has 27 heavy (non-hydrogen) atoms. The summed E-state index contributed by atoms with van der Waals surface area (Å²) in [4.78, 5) is 23.5. The first-order valence-electron chi connectivity index (χ1n) is 8.53. The molecule has 0 aliphatic carbocycles. The highest BCUT2D eigenvalue weighted by Crippen LogP contribution is 2.18. The molecule has 3 N–H and O–H groups in total. The standard InChI is InChI=1S/C20H22N2O4S/c1-4-13(3)26-16-7-5-6-14(10-16)18(23)22-20(27)21-17-11-15(19(24)25)9-8-12(17)2/h5-11,13H,4H2,1-3H3,(H,24,25)(H2,21,22,23,27)/t13-/m0/s1. The lowest BCUT2D eigenvalue weighted by Crippen LogP contribution is -2.34. The number of carbonyl (C=O) groups excluding carboxylic acids is 1. The minimum Gasteiger partial charge on any atom is -0.491 e. The molecule has 0 aliphatic rings. The van der Waals surface area contributed by atoms with Gasteiger partial charge in [-0.1, -0.05) is 19.1 Å². The molecule has 1 amide bonds. The van der Waals surface area contributed by atoms with E-state index >= 15 is 0 Å². The quantitative estimate of drug-likeness (QED) is 0.651. The van der Waals surface area contributed by atoms with Gasteiger partial charge < -0.3 is 15.2 Å². The number of nitrogens with one attached hydrogen (secondary N) is 2. The van der Waals surface area contributed by atoms with E-state index in [0.717, 1.165) is 12.0 Å². The van der Waals surface area contributed by atoms with Gasteiger partial charge in [-0.3, -0.25) is 10.1 Å². The molecule has 0 bridgehead atoms. The van der Waals surface area contributed by atoms with E-state index in [4.69, 9.17) is 22.1 Å². The molecular weight excluding hydrogens is 364 g/mol. The van der Waals surface area contributed by atoms with Gasteiger partial charge in [-0.15, -0.1) is 0 Å². The molecule has 0 unspecified atom stereocenters. The Morgan fingerprint density at radius 1 is 1.19 bits per heavy atom. The Hall–Kier alpha value is -2.93. The normalized spacial score (nSPS) is 11.4. The SMILES string of the molecule is CC[C@H](C)Oc1cccc(C(=O)NC(=S)Nc2cc(C(=O)O)ccc2C)c1. The molecule has 0 aliphatic heterocycles. The number of amides is 1. The van der Waals surface area contributed by atoms with E-state index < -0.39 is 5.97 Å². The number of carbonyl (C=O) groups is 2. The summed E-state index contributed by atoms with van der Waals surface area (Å²) in [6, 6.07) is 11.5. The van der Waals surface area contributed by atoms with Crippen LogP contribution in [0, 0.1) is 6.92 Å². The van der Waals surface area contributed by atoms with Crippen molar-refractivity contribution >= 4 is 34.9 Å². The zero-order valence-electron chi connectivity index (χ0n) is 15.4. The van der Waals surface area contributed by atoms with Crippen LogP contribution in [0.1, 0.15) is 46.5 Å². The molecule has 0 heterocycles. The van der Waals surface area contributed by atoms with Crippen LogP contribution in [-0.2, 0) is 0 Å². The molecule has 0 saturated carbocycles. The molecule has 0 saturated heterocycles. The number of anilines is 1. The fraction of sp³-hybridized carbons (Fsp3) is 0.250. The number of hydrogen-bond donors (Lipinski definition) is 3. The molecule has 1 atom stereocenters. The van der Waals surface area contributed by atoms with Gasteiger partial charge in [0.25, 0.3) is 5.91 Å². The molecule has 2 aromatic carbocycles. The molecular formula is C20H22N2O4S. The maximum atomic E-state index is 12.4. The van der Waals surface area contributed by atoms with Crippen LogP contribution in [0.2, 0.25) is 0 Å². The molecule has 0 spiro atoms. The summed E-state index contributed by atoms with van der Waals surface area (Å²) in [5.74, 6) is -0.804. The number of carboxylic acids is 1. The van der Waals surface area contributed by atoms with Crippen LogP contribution in [0.5, 0.6) is 5.75 Å². The third-order valence-electron chi connectivity index (χ3n) is 3.97. The van der Waals surface area contributed by atoms with Gasteiger partial charge in [-0.2, -0.15) is 0 Å². The highest BCUT2D eigenvalue weighted by atomic mass is 32.1. The average Bonchev–Trinajstić information content (AvgIpc) is 2.63. The van der Waals surface area contributed by atoms with Crippen molar-refractivity contribution in [3.8, 4) is 5.75 Å². The summed E-state index contributed by atoms with van der Waals surface area (Å²) in [6.45, 7) is 5.79. The Morgan fingerprint density at radius 2 is 1.93 bits per heavy atom. The van der Waals surface area contributed by atoms with Crippen molar-refractivity contribution in [2.45, 2.75) is 33.3 Å². The van der Waals surface area contributed by atoms with Crippen molar-refractivity contribution in [2.24, 2.45) is 0 Å². The van der Waals surface area contributed by atoms with Crippen molar-refractivity contribution in [1.29, 1.82) is 0 Å². The first-order valence-corrected chi connectivity index (χ1v) is 8.94. The fourth-order valence-electron chi connectivity index (χ4n) is 2.24. The molecule has 2 rings (SSSR count). The van der Waals surface area contributed by atoms with Crippen molar-refractivity contribution in [2.75, 3.05) is 5.32 Å². The summed E-state index contributed by atoms with van der Waals surface area (Å²) >= 11 is 5.18. The first kappa shape index (κ1) is 20.4. The number of carboxylic acid groups (broad SMARTS) is 1. The minimum atomic E-state index is -1.04. The van der Waals surface area contributed by atoms with Crippen LogP contribution < -0.4 is 15.4 Å². The summed E-state index contributed by atoms with van der Waals surface area (Å²) < 4.78 is 5.72. The monoisotopic (exact) mass is 386 g/mol. The molecule has 142 valence electrons. The van der Waals surface area contributed by atoms with E-state index in [-0.39, 0.29) is 22.7 Å². The van der Waals surface area contributed by atoms with E-state index in [9.17, 15) is 9.59 Å². The Kier molecular flexibility index (Phi) is 6.90. The van der Waals surface area contributed by atoms with E-state index in [1.807, 2.05) is 20.8 Å². The van der Waals surface area contributed by atoms with Crippen LogP contribution in [0.25, 0.3) is 0 Å². The van der Waals surface area contributed by atoms with E-state index in [1.165, 1.54) is 12.1 Å². The van der Waals surface area contributed by atoms with Crippen molar-refractivity contribution < 1.29 is 19.4 Å². The average molecular weight is 386 g/mol. The largest absolute Gasteiger partial charge is 0.491 e. The molecule has 0 aromatic heterocycles. The summed E-state index contributed by atoms with van der Waals surface area (Å²) in [5, 5.41) is 14.6. The van der Waals surface area contributed by atoms with Crippen LogP contribution in [-0.4, -0.2) is 28.2 Å². The number of hydrogen-bond acceptors (Lipinski definition) is 4. The Bertz CT molecular complexity index is 867. The van der Waals surface area contributed by atoms with E-state index in [1.54, 1.807) is 30.3 Å².